The van der Waals surface area contributed by atoms with Gasteiger partial charge in [-0.2, -0.15) is 4.99 Å². The quantitative estimate of drug-likeness (QED) is 0.628. The highest BCUT2D eigenvalue weighted by Crippen LogP contribution is 2.42. The largest absolute Gasteiger partial charge is 0.493 e. The van der Waals surface area contributed by atoms with Crippen LogP contribution in [0, 0.1) is 6.92 Å². The highest BCUT2D eigenvalue weighted by atomic mass is 35.5. The van der Waals surface area contributed by atoms with Gasteiger partial charge in [-0.05, 0) is 42.3 Å². The van der Waals surface area contributed by atoms with E-state index in [9.17, 15) is 13.2 Å². The molecule has 2 atom stereocenters. The van der Waals surface area contributed by atoms with Crippen LogP contribution in [-0.2, 0) is 21.1 Å². The van der Waals surface area contributed by atoms with Gasteiger partial charge in [0.25, 0.3) is 5.91 Å². The molecule has 0 N–H and O–H groups in total. The first-order chi connectivity index (χ1) is 15.2. The minimum absolute atomic E-state index is 0.0273. The number of aryl methyl sites for hydroxylation is 1. The SMILES string of the molecule is COc1ccc(CC(=O)N=C2S[C@H]3CS(=O)(=O)C[C@@H]3N2c2cc(Cl)ccc2C)cc1OC. The molecule has 0 spiro atoms. The van der Waals surface area contributed by atoms with Gasteiger partial charge in [0.1, 0.15) is 0 Å². The first kappa shape index (κ1) is 22.9. The molecule has 170 valence electrons. The standard InChI is InChI=1S/C22H23ClN2O5S2/c1-13-4-6-15(23)10-16(13)25-17-11-32(27,28)12-20(17)31-22(25)24-21(26)9-14-5-7-18(29-2)19(8-14)30-3/h4-8,10,17,20H,9,11-12H2,1-3H3/t17-,20-/m0/s1. The third kappa shape index (κ3) is 4.60. The van der Waals surface area contributed by atoms with E-state index in [1.807, 2.05) is 17.9 Å². The lowest BCUT2D eigenvalue weighted by molar-refractivity contribution is -0.117. The van der Waals surface area contributed by atoms with Gasteiger partial charge >= 0.3 is 0 Å². The number of hydrogen-bond donors (Lipinski definition) is 0. The predicted octanol–water partition coefficient (Wildman–Crippen LogP) is 3.51. The number of nitrogens with zero attached hydrogens (tertiary/aromatic N) is 2. The zero-order valence-electron chi connectivity index (χ0n) is 17.9. The van der Waals surface area contributed by atoms with Gasteiger partial charge in [-0.15, -0.1) is 0 Å². The zero-order valence-corrected chi connectivity index (χ0v) is 20.3. The van der Waals surface area contributed by atoms with Crippen molar-refractivity contribution >= 4 is 50.0 Å². The third-order valence-corrected chi connectivity index (χ3v) is 8.97. The van der Waals surface area contributed by atoms with Crippen molar-refractivity contribution in [2.24, 2.45) is 4.99 Å². The second-order valence-corrected chi connectivity index (χ2v) is 11.6. The Bertz CT molecular complexity index is 1200. The lowest BCUT2D eigenvalue weighted by Gasteiger charge is -2.26. The molecule has 1 amide bonds. The second-order valence-electron chi connectivity index (χ2n) is 7.76. The molecule has 2 aromatic rings. The number of hydrogen-bond acceptors (Lipinski definition) is 6. The van der Waals surface area contributed by atoms with E-state index in [0.29, 0.717) is 21.7 Å². The maximum absolute atomic E-state index is 12.9. The Morgan fingerprint density at radius 3 is 2.62 bits per heavy atom. The number of amides is 1. The molecule has 2 aliphatic heterocycles. The Kier molecular flexibility index (Phi) is 6.42. The molecule has 0 unspecified atom stereocenters. The highest BCUT2D eigenvalue weighted by molar-refractivity contribution is 8.16. The number of ether oxygens (including phenoxy) is 2. The third-order valence-electron chi connectivity index (χ3n) is 5.52. The van der Waals surface area contributed by atoms with Crippen LogP contribution in [0.5, 0.6) is 11.5 Å². The summed E-state index contributed by atoms with van der Waals surface area (Å²) < 4.78 is 35.1. The number of rotatable bonds is 5. The molecule has 0 radical (unpaired) electrons. The maximum atomic E-state index is 12.9. The molecule has 10 heteroatoms. The van der Waals surface area contributed by atoms with Crippen LogP contribution in [0.2, 0.25) is 5.02 Å². The lowest BCUT2D eigenvalue weighted by atomic mass is 10.1. The van der Waals surface area contributed by atoms with E-state index in [1.165, 1.54) is 18.9 Å². The molecular weight excluding hydrogens is 472 g/mol. The average Bonchev–Trinajstić information content (AvgIpc) is 3.20. The van der Waals surface area contributed by atoms with Crippen molar-refractivity contribution in [1.82, 2.24) is 0 Å². The number of benzene rings is 2. The number of aliphatic imine (C=N–C) groups is 1. The fourth-order valence-electron chi connectivity index (χ4n) is 4.00. The molecule has 2 heterocycles. The van der Waals surface area contributed by atoms with Crippen LogP contribution in [0.3, 0.4) is 0 Å². The number of sulfone groups is 1. The Morgan fingerprint density at radius 1 is 1.16 bits per heavy atom. The van der Waals surface area contributed by atoms with E-state index in [1.54, 1.807) is 37.4 Å². The molecule has 7 nitrogen and oxygen atoms in total. The number of anilines is 1. The van der Waals surface area contributed by atoms with Gasteiger partial charge in [0.05, 0.1) is 38.2 Å². The number of fused-ring (bicyclic) bond motifs is 1. The molecule has 2 saturated heterocycles. The van der Waals surface area contributed by atoms with Crippen molar-refractivity contribution < 1.29 is 22.7 Å². The number of halogens is 1. The molecule has 0 saturated carbocycles. The summed E-state index contributed by atoms with van der Waals surface area (Å²) in [5.41, 5.74) is 2.44. The molecule has 4 rings (SSSR count). The van der Waals surface area contributed by atoms with E-state index < -0.39 is 9.84 Å². The van der Waals surface area contributed by atoms with E-state index in [2.05, 4.69) is 4.99 Å². The van der Waals surface area contributed by atoms with Crippen LogP contribution < -0.4 is 14.4 Å². The summed E-state index contributed by atoms with van der Waals surface area (Å²) in [6.07, 6.45) is 0.0837. The maximum Gasteiger partial charge on any atom is 0.252 e. The van der Waals surface area contributed by atoms with Crippen LogP contribution >= 0.6 is 23.4 Å². The van der Waals surface area contributed by atoms with Crippen molar-refractivity contribution in [1.29, 1.82) is 0 Å². The van der Waals surface area contributed by atoms with Crippen LogP contribution in [0.1, 0.15) is 11.1 Å². The molecular formula is C22H23ClN2O5S2. The fourth-order valence-corrected chi connectivity index (χ4v) is 8.09. The molecule has 2 fully saturated rings. The number of carbonyl (C=O) groups is 1. The van der Waals surface area contributed by atoms with Crippen molar-refractivity contribution in [3.05, 3.63) is 52.5 Å². The summed E-state index contributed by atoms with van der Waals surface area (Å²) in [5.74, 6) is 0.891. The monoisotopic (exact) mass is 494 g/mol. The molecule has 2 aliphatic rings. The molecule has 2 aromatic carbocycles. The van der Waals surface area contributed by atoms with E-state index in [4.69, 9.17) is 21.1 Å². The van der Waals surface area contributed by atoms with Gasteiger partial charge in [-0.25, -0.2) is 8.42 Å². The lowest BCUT2D eigenvalue weighted by Crippen LogP contribution is -2.38. The Hall–Kier alpha value is -2.23. The summed E-state index contributed by atoms with van der Waals surface area (Å²) in [7, 11) is -0.0557. The molecule has 0 bridgehead atoms. The van der Waals surface area contributed by atoms with Crippen molar-refractivity contribution in [3.8, 4) is 11.5 Å². The normalized spacial score (nSPS) is 22.8. The second kappa shape index (κ2) is 8.96. The molecule has 0 aromatic heterocycles. The van der Waals surface area contributed by atoms with Gasteiger partial charge in [0, 0.05) is 16.0 Å². The van der Waals surface area contributed by atoms with Gasteiger partial charge in [-0.3, -0.25) is 4.79 Å². The van der Waals surface area contributed by atoms with E-state index in [0.717, 1.165) is 16.8 Å². The number of methoxy groups -OCH3 is 2. The number of carbonyl (C=O) groups excluding carboxylic acids is 1. The minimum Gasteiger partial charge on any atom is -0.493 e. The summed E-state index contributed by atoms with van der Waals surface area (Å²) in [6, 6.07) is 10.5. The summed E-state index contributed by atoms with van der Waals surface area (Å²) >= 11 is 7.57. The zero-order chi connectivity index (χ0) is 23.0. The predicted molar refractivity (Wildman–Crippen MR) is 128 cm³/mol. The van der Waals surface area contributed by atoms with E-state index in [-0.39, 0.29) is 35.1 Å². The van der Waals surface area contributed by atoms with Gasteiger partial charge in [0.2, 0.25) is 0 Å². The minimum atomic E-state index is -3.15. The van der Waals surface area contributed by atoms with Gasteiger partial charge in [-0.1, -0.05) is 35.5 Å². The number of amidine groups is 1. The van der Waals surface area contributed by atoms with Crippen LogP contribution in [0.25, 0.3) is 0 Å². The summed E-state index contributed by atoms with van der Waals surface area (Å²) in [4.78, 5) is 19.1. The molecule has 0 aliphatic carbocycles. The van der Waals surface area contributed by atoms with Crippen molar-refractivity contribution in [2.45, 2.75) is 24.6 Å². The van der Waals surface area contributed by atoms with Crippen molar-refractivity contribution in [2.75, 3.05) is 30.6 Å². The first-order valence-electron chi connectivity index (χ1n) is 9.95. The topological polar surface area (TPSA) is 85.3 Å². The van der Waals surface area contributed by atoms with Crippen molar-refractivity contribution in [3.63, 3.8) is 0 Å². The highest BCUT2D eigenvalue weighted by Gasteiger charge is 2.49. The average molecular weight is 495 g/mol. The molecule has 32 heavy (non-hydrogen) atoms. The Morgan fingerprint density at radius 2 is 1.91 bits per heavy atom. The van der Waals surface area contributed by atoms with Crippen LogP contribution in [0.4, 0.5) is 5.69 Å². The van der Waals surface area contributed by atoms with Crippen LogP contribution in [0.15, 0.2) is 41.4 Å². The van der Waals surface area contributed by atoms with Crippen LogP contribution in [-0.4, -0.2) is 56.5 Å². The number of thioether (sulfide) groups is 1. The Balaban J connectivity index is 1.65. The summed E-state index contributed by atoms with van der Waals surface area (Å²) in [6.45, 7) is 1.93. The smallest absolute Gasteiger partial charge is 0.252 e. The fraction of sp³-hybridized carbons (Fsp3) is 0.364. The first-order valence-corrected chi connectivity index (χ1v) is 13.0. The van der Waals surface area contributed by atoms with E-state index >= 15 is 0 Å². The Labute approximate surface area is 196 Å². The van der Waals surface area contributed by atoms with Gasteiger partial charge in [0.15, 0.2) is 26.5 Å². The van der Waals surface area contributed by atoms with Gasteiger partial charge < -0.3 is 14.4 Å². The summed E-state index contributed by atoms with van der Waals surface area (Å²) in [5, 5.41) is 0.868.